The summed E-state index contributed by atoms with van der Waals surface area (Å²) in [6.07, 6.45) is -2.89. The largest absolute Gasteiger partial charge is 0.459 e. The number of aromatic nitrogens is 2. The van der Waals surface area contributed by atoms with Gasteiger partial charge in [0.2, 0.25) is 0 Å². The first kappa shape index (κ1) is 14.0. The molecule has 20 heavy (non-hydrogen) atoms. The van der Waals surface area contributed by atoms with Crippen molar-refractivity contribution < 1.29 is 22.7 Å². The van der Waals surface area contributed by atoms with Crippen LogP contribution in [0.15, 0.2) is 36.5 Å². The molecule has 1 aromatic heterocycles. The van der Waals surface area contributed by atoms with Crippen molar-refractivity contribution in [3.05, 3.63) is 53.3 Å². The minimum atomic E-state index is -4.54. The normalized spacial score (nSPS) is 11.2. The van der Waals surface area contributed by atoms with E-state index in [9.17, 15) is 18.0 Å². The van der Waals surface area contributed by atoms with Crippen molar-refractivity contribution >= 4 is 6.29 Å². The van der Waals surface area contributed by atoms with Gasteiger partial charge in [0.1, 0.15) is 12.9 Å². The number of benzene rings is 1. The van der Waals surface area contributed by atoms with Crippen molar-refractivity contribution in [3.8, 4) is 6.01 Å². The van der Waals surface area contributed by atoms with Gasteiger partial charge in [-0.15, -0.1) is 0 Å². The van der Waals surface area contributed by atoms with Crippen LogP contribution in [0.25, 0.3) is 0 Å². The molecule has 0 amide bonds. The summed E-state index contributed by atoms with van der Waals surface area (Å²) < 4.78 is 42.4. The predicted molar refractivity (Wildman–Crippen MR) is 63.2 cm³/mol. The zero-order valence-electron chi connectivity index (χ0n) is 10.1. The molecule has 0 fully saturated rings. The summed E-state index contributed by atoms with van der Waals surface area (Å²) in [5, 5.41) is 0. The third kappa shape index (κ3) is 3.53. The average Bonchev–Trinajstić information content (AvgIpc) is 2.45. The first-order chi connectivity index (χ1) is 9.49. The number of halogens is 3. The predicted octanol–water partition coefficient (Wildman–Crippen LogP) is 2.89. The SMILES string of the molecule is O=Cc1cccc(COc2nccc(C(F)(F)F)n2)c1. The molecule has 1 aromatic carbocycles. The summed E-state index contributed by atoms with van der Waals surface area (Å²) in [7, 11) is 0. The third-order valence-electron chi connectivity index (χ3n) is 2.38. The molecule has 0 radical (unpaired) electrons. The van der Waals surface area contributed by atoms with E-state index in [0.717, 1.165) is 12.3 Å². The number of carbonyl (C=O) groups is 1. The summed E-state index contributed by atoms with van der Waals surface area (Å²) in [6, 6.07) is 6.91. The molecule has 2 aromatic rings. The molecular formula is C13H9F3N2O2. The number of hydrogen-bond donors (Lipinski definition) is 0. The van der Waals surface area contributed by atoms with Crippen molar-refractivity contribution in [3.63, 3.8) is 0 Å². The van der Waals surface area contributed by atoms with Crippen molar-refractivity contribution in [2.24, 2.45) is 0 Å². The number of nitrogens with zero attached hydrogens (tertiary/aromatic N) is 2. The highest BCUT2D eigenvalue weighted by atomic mass is 19.4. The first-order valence-electron chi connectivity index (χ1n) is 5.56. The Bertz CT molecular complexity index is 615. The molecule has 0 unspecified atom stereocenters. The second-order valence-electron chi connectivity index (χ2n) is 3.87. The Balaban J connectivity index is 2.09. The van der Waals surface area contributed by atoms with Crippen molar-refractivity contribution in [2.45, 2.75) is 12.8 Å². The molecule has 0 saturated carbocycles. The Morgan fingerprint density at radius 1 is 1.25 bits per heavy atom. The maximum atomic E-state index is 12.4. The average molecular weight is 282 g/mol. The standard InChI is InChI=1S/C13H9F3N2O2/c14-13(15,16)11-4-5-17-12(18-11)20-8-10-3-1-2-9(6-10)7-19/h1-7H,8H2. The lowest BCUT2D eigenvalue weighted by atomic mass is 10.1. The second-order valence-corrected chi connectivity index (χ2v) is 3.87. The molecule has 0 atom stereocenters. The van der Waals surface area contributed by atoms with Gasteiger partial charge in [-0.25, -0.2) is 4.98 Å². The Morgan fingerprint density at radius 2 is 2.05 bits per heavy atom. The quantitative estimate of drug-likeness (QED) is 0.809. The van der Waals surface area contributed by atoms with Gasteiger partial charge in [-0.3, -0.25) is 4.79 Å². The number of carbonyl (C=O) groups excluding carboxylic acids is 1. The molecule has 0 aliphatic rings. The number of rotatable bonds is 4. The highest BCUT2D eigenvalue weighted by Gasteiger charge is 2.33. The molecule has 0 N–H and O–H groups in total. The highest BCUT2D eigenvalue weighted by Crippen LogP contribution is 2.27. The minimum absolute atomic E-state index is 0.0248. The van der Waals surface area contributed by atoms with Gasteiger partial charge in [-0.2, -0.15) is 18.2 Å². The van der Waals surface area contributed by atoms with E-state index in [1.807, 2.05) is 0 Å². The fraction of sp³-hybridized carbons (Fsp3) is 0.154. The minimum Gasteiger partial charge on any atom is -0.459 e. The van der Waals surface area contributed by atoms with Gasteiger partial charge in [0, 0.05) is 11.8 Å². The number of alkyl halides is 3. The van der Waals surface area contributed by atoms with Crippen LogP contribution < -0.4 is 4.74 Å². The number of aldehydes is 1. The summed E-state index contributed by atoms with van der Waals surface area (Å²) in [5.74, 6) is 0. The number of hydrogen-bond acceptors (Lipinski definition) is 4. The molecular weight excluding hydrogens is 273 g/mol. The van der Waals surface area contributed by atoms with E-state index >= 15 is 0 Å². The van der Waals surface area contributed by atoms with Gasteiger partial charge in [0.15, 0.2) is 5.69 Å². The Hall–Kier alpha value is -2.44. The molecule has 1 heterocycles. The van der Waals surface area contributed by atoms with Crippen molar-refractivity contribution in [1.29, 1.82) is 0 Å². The van der Waals surface area contributed by atoms with Crippen LogP contribution in [0.5, 0.6) is 6.01 Å². The van der Waals surface area contributed by atoms with Crippen molar-refractivity contribution in [1.82, 2.24) is 9.97 Å². The molecule has 104 valence electrons. The lowest BCUT2D eigenvalue weighted by molar-refractivity contribution is -0.141. The topological polar surface area (TPSA) is 52.1 Å². The number of ether oxygens (including phenoxy) is 1. The molecule has 7 heteroatoms. The van der Waals surface area contributed by atoms with Crippen LogP contribution >= 0.6 is 0 Å². The maximum absolute atomic E-state index is 12.4. The van der Waals surface area contributed by atoms with E-state index in [1.165, 1.54) is 0 Å². The summed E-state index contributed by atoms with van der Waals surface area (Å²) >= 11 is 0. The lowest BCUT2D eigenvalue weighted by Crippen LogP contribution is -2.10. The van der Waals surface area contributed by atoms with Crippen LogP contribution in [-0.2, 0) is 12.8 Å². The summed E-state index contributed by atoms with van der Waals surface area (Å²) in [5.41, 5.74) is 0.0239. The molecule has 0 saturated heterocycles. The van der Waals surface area contributed by atoms with E-state index in [1.54, 1.807) is 24.3 Å². The van der Waals surface area contributed by atoms with E-state index in [4.69, 9.17) is 4.74 Å². The van der Waals surface area contributed by atoms with Crippen LogP contribution in [-0.4, -0.2) is 16.3 Å². The van der Waals surface area contributed by atoms with Gasteiger partial charge in [0.25, 0.3) is 0 Å². The zero-order valence-corrected chi connectivity index (χ0v) is 10.1. The molecule has 2 rings (SSSR count). The Labute approximate surface area is 112 Å². The molecule has 0 spiro atoms. The lowest BCUT2D eigenvalue weighted by Gasteiger charge is -2.08. The van der Waals surface area contributed by atoms with Crippen LogP contribution in [0, 0.1) is 0 Å². The fourth-order valence-corrected chi connectivity index (χ4v) is 1.47. The van der Waals surface area contributed by atoms with E-state index in [-0.39, 0.29) is 12.6 Å². The fourth-order valence-electron chi connectivity index (χ4n) is 1.47. The van der Waals surface area contributed by atoms with E-state index < -0.39 is 11.9 Å². The van der Waals surface area contributed by atoms with Crippen LogP contribution in [0.3, 0.4) is 0 Å². The van der Waals surface area contributed by atoms with Gasteiger partial charge < -0.3 is 4.74 Å². The van der Waals surface area contributed by atoms with E-state index in [0.29, 0.717) is 17.4 Å². The Kier molecular flexibility index (Phi) is 3.97. The second kappa shape index (κ2) is 5.68. The van der Waals surface area contributed by atoms with Crippen LogP contribution in [0.2, 0.25) is 0 Å². The van der Waals surface area contributed by atoms with Gasteiger partial charge >= 0.3 is 12.2 Å². The smallest absolute Gasteiger partial charge is 0.433 e. The molecule has 4 nitrogen and oxygen atoms in total. The van der Waals surface area contributed by atoms with Gasteiger partial charge in [0.05, 0.1) is 0 Å². The van der Waals surface area contributed by atoms with Gasteiger partial charge in [-0.1, -0.05) is 18.2 Å². The van der Waals surface area contributed by atoms with E-state index in [2.05, 4.69) is 9.97 Å². The zero-order chi connectivity index (χ0) is 14.6. The molecule has 0 aliphatic heterocycles. The molecule has 0 bridgehead atoms. The Morgan fingerprint density at radius 3 is 2.75 bits per heavy atom. The maximum Gasteiger partial charge on any atom is 0.433 e. The summed E-state index contributed by atoms with van der Waals surface area (Å²) in [4.78, 5) is 17.5. The van der Waals surface area contributed by atoms with Gasteiger partial charge in [-0.05, 0) is 17.7 Å². The van der Waals surface area contributed by atoms with Crippen LogP contribution in [0.1, 0.15) is 21.6 Å². The van der Waals surface area contributed by atoms with Crippen molar-refractivity contribution in [2.75, 3.05) is 0 Å². The molecule has 0 aliphatic carbocycles. The van der Waals surface area contributed by atoms with Crippen LogP contribution in [0.4, 0.5) is 13.2 Å². The monoisotopic (exact) mass is 282 g/mol. The first-order valence-corrected chi connectivity index (χ1v) is 5.56. The highest BCUT2D eigenvalue weighted by molar-refractivity contribution is 5.74. The third-order valence-corrected chi connectivity index (χ3v) is 2.38. The summed E-state index contributed by atoms with van der Waals surface area (Å²) in [6.45, 7) is -0.0248.